The van der Waals surface area contributed by atoms with Crippen LogP contribution in [0.25, 0.3) is 28.5 Å². The van der Waals surface area contributed by atoms with Crippen LogP contribution < -0.4 is 10.0 Å². The SMILES string of the molecule is CCc1cc(-c2[nH]c3ccc(N=O)cc3[n+]2O)ccc1NC(=O)/C=C/c1ccc(C)cc1. The minimum atomic E-state index is -0.218. The molecule has 0 atom stereocenters. The van der Waals surface area contributed by atoms with Gasteiger partial charge in [0.1, 0.15) is 5.69 Å². The van der Waals surface area contributed by atoms with Crippen molar-refractivity contribution in [1.29, 1.82) is 0 Å². The third-order valence-electron chi connectivity index (χ3n) is 5.30. The molecule has 1 aromatic heterocycles. The minimum Gasteiger partial charge on any atom is -0.349 e. The summed E-state index contributed by atoms with van der Waals surface area (Å²) in [6.07, 6.45) is 3.97. The van der Waals surface area contributed by atoms with E-state index < -0.39 is 0 Å². The van der Waals surface area contributed by atoms with Crippen LogP contribution in [0.15, 0.2) is 71.9 Å². The fourth-order valence-corrected chi connectivity index (χ4v) is 3.53. The van der Waals surface area contributed by atoms with Crippen molar-refractivity contribution in [2.24, 2.45) is 5.18 Å². The van der Waals surface area contributed by atoms with Crippen molar-refractivity contribution in [2.45, 2.75) is 20.3 Å². The highest BCUT2D eigenvalue weighted by molar-refractivity contribution is 6.02. The third-order valence-corrected chi connectivity index (χ3v) is 5.30. The molecule has 1 heterocycles. The van der Waals surface area contributed by atoms with Crippen molar-refractivity contribution in [2.75, 3.05) is 5.32 Å². The lowest BCUT2D eigenvalue weighted by molar-refractivity contribution is -0.875. The zero-order chi connectivity index (χ0) is 22.7. The number of aryl methyl sites for hydroxylation is 2. The highest BCUT2D eigenvalue weighted by atomic mass is 16.5. The molecule has 160 valence electrons. The van der Waals surface area contributed by atoms with Gasteiger partial charge in [-0.05, 0) is 70.8 Å². The van der Waals surface area contributed by atoms with Gasteiger partial charge in [0, 0.05) is 17.8 Å². The average molecular weight is 427 g/mol. The van der Waals surface area contributed by atoms with E-state index in [0.717, 1.165) is 21.4 Å². The van der Waals surface area contributed by atoms with E-state index >= 15 is 0 Å². The van der Waals surface area contributed by atoms with Crippen LogP contribution in [-0.4, -0.2) is 16.1 Å². The van der Waals surface area contributed by atoms with E-state index in [2.05, 4.69) is 15.5 Å². The molecule has 0 aliphatic rings. The molecule has 7 heteroatoms. The zero-order valence-corrected chi connectivity index (χ0v) is 17.8. The number of carbonyl (C=O) groups is 1. The van der Waals surface area contributed by atoms with Crippen molar-refractivity contribution in [3.05, 3.63) is 88.3 Å². The Bertz CT molecular complexity index is 1340. The number of fused-ring (bicyclic) bond motifs is 1. The summed E-state index contributed by atoms with van der Waals surface area (Å²) in [5.41, 5.74) is 5.86. The quantitative estimate of drug-likeness (QED) is 0.169. The van der Waals surface area contributed by atoms with Crippen LogP contribution in [0.2, 0.25) is 0 Å². The molecule has 3 aromatic carbocycles. The highest BCUT2D eigenvalue weighted by Gasteiger charge is 2.21. The molecule has 0 saturated heterocycles. The monoisotopic (exact) mass is 427 g/mol. The van der Waals surface area contributed by atoms with Crippen LogP contribution in [0.3, 0.4) is 0 Å². The van der Waals surface area contributed by atoms with E-state index in [1.807, 2.05) is 56.3 Å². The van der Waals surface area contributed by atoms with Crippen molar-refractivity contribution in [3.8, 4) is 11.4 Å². The lowest BCUT2D eigenvalue weighted by Crippen LogP contribution is -2.31. The molecule has 3 N–H and O–H groups in total. The number of nitrogens with one attached hydrogen (secondary N) is 2. The average Bonchev–Trinajstić information content (AvgIpc) is 3.14. The summed E-state index contributed by atoms with van der Waals surface area (Å²) in [7, 11) is 0. The summed E-state index contributed by atoms with van der Waals surface area (Å²) >= 11 is 0. The Morgan fingerprint density at radius 2 is 1.91 bits per heavy atom. The molecule has 32 heavy (non-hydrogen) atoms. The molecule has 0 saturated carbocycles. The number of rotatable bonds is 6. The number of hydrogen-bond acceptors (Lipinski definition) is 4. The number of nitrogens with zero attached hydrogens (tertiary/aromatic N) is 2. The number of aromatic amines is 1. The van der Waals surface area contributed by atoms with Gasteiger partial charge in [-0.2, -0.15) is 0 Å². The van der Waals surface area contributed by atoms with E-state index in [4.69, 9.17) is 0 Å². The lowest BCUT2D eigenvalue weighted by Gasteiger charge is -2.09. The third kappa shape index (κ3) is 4.27. The van der Waals surface area contributed by atoms with Crippen LogP contribution in [0, 0.1) is 11.8 Å². The molecular weight excluding hydrogens is 404 g/mol. The molecule has 0 spiro atoms. The summed E-state index contributed by atoms with van der Waals surface area (Å²) in [4.78, 5) is 26.4. The largest absolute Gasteiger partial charge is 0.349 e. The Labute approximate surface area is 185 Å². The van der Waals surface area contributed by atoms with Gasteiger partial charge in [0.15, 0.2) is 5.52 Å². The summed E-state index contributed by atoms with van der Waals surface area (Å²) in [6, 6.07) is 18.2. The second-order valence-corrected chi connectivity index (χ2v) is 7.54. The van der Waals surface area contributed by atoms with Gasteiger partial charge in [0.05, 0.1) is 5.56 Å². The Morgan fingerprint density at radius 1 is 1.12 bits per heavy atom. The molecular formula is C25H23N4O3+. The van der Waals surface area contributed by atoms with Gasteiger partial charge in [-0.25, -0.2) is 4.98 Å². The predicted octanol–water partition coefficient (Wildman–Crippen LogP) is 5.28. The second-order valence-electron chi connectivity index (χ2n) is 7.54. The Balaban J connectivity index is 1.58. The van der Waals surface area contributed by atoms with Gasteiger partial charge in [-0.3, -0.25) is 4.79 Å². The van der Waals surface area contributed by atoms with Crippen molar-refractivity contribution >= 4 is 34.4 Å². The van der Waals surface area contributed by atoms with Crippen LogP contribution in [-0.2, 0) is 11.2 Å². The standard InChI is InChI=1S/C25H22N4O3/c1-3-18-14-19(25-27-22-12-10-20(28-31)15-23(22)29(25)32)9-11-21(18)26-24(30)13-8-17-6-4-16(2)5-7-17/h4-15,32H,3H2,1-2H3,(H,26,27,30,31)/p+1/b13-8+. The van der Waals surface area contributed by atoms with Gasteiger partial charge < -0.3 is 10.5 Å². The zero-order valence-electron chi connectivity index (χ0n) is 17.8. The van der Waals surface area contributed by atoms with E-state index in [0.29, 0.717) is 29.0 Å². The smallest absolute Gasteiger partial charge is 0.327 e. The molecule has 0 unspecified atom stereocenters. The summed E-state index contributed by atoms with van der Waals surface area (Å²) in [5, 5.41) is 16.4. The molecule has 4 aromatic rings. The van der Waals surface area contributed by atoms with E-state index in [9.17, 15) is 14.9 Å². The maximum absolute atomic E-state index is 12.4. The number of benzene rings is 3. The van der Waals surface area contributed by atoms with Crippen molar-refractivity contribution < 1.29 is 14.7 Å². The van der Waals surface area contributed by atoms with Crippen molar-refractivity contribution in [3.63, 3.8) is 0 Å². The fraction of sp³-hybridized carbons (Fsp3) is 0.120. The molecule has 0 aliphatic carbocycles. The number of H-pyrrole nitrogens is 1. The number of imidazole rings is 1. The molecule has 1 amide bonds. The van der Waals surface area contributed by atoms with E-state index in [1.54, 1.807) is 18.2 Å². The molecule has 0 aliphatic heterocycles. The maximum atomic E-state index is 12.4. The number of nitroso groups, excluding NO2 is 1. The van der Waals surface area contributed by atoms with Crippen LogP contribution in [0.1, 0.15) is 23.6 Å². The first kappa shape index (κ1) is 21.0. The number of amides is 1. The van der Waals surface area contributed by atoms with Crippen LogP contribution in [0.5, 0.6) is 0 Å². The first-order valence-corrected chi connectivity index (χ1v) is 10.3. The topological polar surface area (TPSA) is 98.4 Å². The van der Waals surface area contributed by atoms with Gasteiger partial charge in [-0.1, -0.05) is 36.8 Å². The highest BCUT2D eigenvalue weighted by Crippen LogP contribution is 2.26. The Kier molecular flexibility index (Phi) is 5.81. The number of anilines is 1. The maximum Gasteiger partial charge on any atom is 0.327 e. The minimum absolute atomic E-state index is 0.218. The van der Waals surface area contributed by atoms with Gasteiger partial charge >= 0.3 is 5.82 Å². The first-order valence-electron chi connectivity index (χ1n) is 10.3. The number of hydrogen-bond donors (Lipinski definition) is 3. The Hall–Kier alpha value is -4.26. The second kappa shape index (κ2) is 8.85. The van der Waals surface area contributed by atoms with Gasteiger partial charge in [0.25, 0.3) is 0 Å². The lowest BCUT2D eigenvalue weighted by atomic mass is 10.1. The molecule has 7 nitrogen and oxygen atoms in total. The number of carbonyl (C=O) groups excluding carboxylic acids is 1. The molecule has 4 rings (SSSR count). The van der Waals surface area contributed by atoms with Gasteiger partial charge in [0.2, 0.25) is 11.4 Å². The molecule has 0 fully saturated rings. The summed E-state index contributed by atoms with van der Waals surface area (Å²) in [6.45, 7) is 4.01. The van der Waals surface area contributed by atoms with Crippen LogP contribution >= 0.6 is 0 Å². The predicted molar refractivity (Wildman–Crippen MR) is 125 cm³/mol. The van der Waals surface area contributed by atoms with Crippen molar-refractivity contribution in [1.82, 2.24) is 4.98 Å². The fourth-order valence-electron chi connectivity index (χ4n) is 3.53. The molecule has 0 radical (unpaired) electrons. The Morgan fingerprint density at radius 3 is 2.62 bits per heavy atom. The van der Waals surface area contributed by atoms with Crippen LogP contribution in [0.4, 0.5) is 11.4 Å². The first-order chi connectivity index (χ1) is 15.5. The van der Waals surface area contributed by atoms with E-state index in [-0.39, 0.29) is 11.6 Å². The summed E-state index contributed by atoms with van der Waals surface area (Å²) < 4.78 is 1.00. The normalized spacial score (nSPS) is 11.2. The summed E-state index contributed by atoms with van der Waals surface area (Å²) in [5.74, 6) is 0.250. The molecule has 0 bridgehead atoms. The van der Waals surface area contributed by atoms with E-state index in [1.165, 1.54) is 17.7 Å². The van der Waals surface area contributed by atoms with Gasteiger partial charge in [-0.15, -0.1) is 4.91 Å². The number of aromatic nitrogens is 2.